The average molecular weight is 239 g/mol. The third kappa shape index (κ3) is 1.60. The maximum atomic E-state index is 8.47. The number of rotatable bonds is 2. The molecule has 0 aliphatic carbocycles. The van der Waals surface area contributed by atoms with E-state index in [1.54, 1.807) is 18.6 Å². The molecule has 3 aromatic heterocycles. The minimum atomic E-state index is 0.146. The first-order chi connectivity index (χ1) is 8.88. The van der Waals surface area contributed by atoms with Crippen LogP contribution in [0.3, 0.4) is 0 Å². The quantitative estimate of drug-likeness (QED) is 0.381. The Morgan fingerprint density at radius 2 is 1.83 bits per heavy atom. The van der Waals surface area contributed by atoms with Crippen LogP contribution in [0.5, 0.6) is 0 Å². The average Bonchev–Trinajstić information content (AvgIpc) is 2.83. The zero-order chi connectivity index (χ0) is 12.4. The van der Waals surface area contributed by atoms with E-state index in [1.807, 2.05) is 0 Å². The Bertz CT molecular complexity index is 722. The highest BCUT2D eigenvalue weighted by Crippen LogP contribution is 2.18. The minimum Gasteiger partial charge on any atom is -0.250 e. The van der Waals surface area contributed by atoms with Gasteiger partial charge in [-0.2, -0.15) is 0 Å². The van der Waals surface area contributed by atoms with Gasteiger partial charge in [0.05, 0.1) is 6.20 Å². The summed E-state index contributed by atoms with van der Waals surface area (Å²) in [6.45, 7) is 0. The fourth-order valence-corrected chi connectivity index (χ4v) is 1.46. The van der Waals surface area contributed by atoms with Crippen molar-refractivity contribution in [3.8, 4) is 5.82 Å². The summed E-state index contributed by atoms with van der Waals surface area (Å²) in [5, 5.41) is 7.64. The number of fused-ring (bicyclic) bond motifs is 1. The third-order valence-corrected chi connectivity index (χ3v) is 2.17. The van der Waals surface area contributed by atoms with Gasteiger partial charge in [0.25, 0.3) is 0 Å². The van der Waals surface area contributed by atoms with E-state index in [-0.39, 0.29) is 5.82 Å². The highest BCUT2D eigenvalue weighted by atomic mass is 15.3. The predicted molar refractivity (Wildman–Crippen MR) is 61.1 cm³/mol. The highest BCUT2D eigenvalue weighted by Gasteiger charge is 2.09. The standard InChI is InChI=1S/C9H5N9/c10-17-15-8-9(14-4-3-13-8)18-5-6-7(16-18)12-2-1-11-6/h1-5H. The number of hydrogen-bond acceptors (Lipinski definition) is 6. The van der Waals surface area contributed by atoms with Crippen LogP contribution in [0.25, 0.3) is 27.4 Å². The summed E-state index contributed by atoms with van der Waals surface area (Å²) in [5.74, 6) is 0.475. The number of hydrogen-bond donors (Lipinski definition) is 0. The van der Waals surface area contributed by atoms with Crippen molar-refractivity contribution in [2.24, 2.45) is 5.11 Å². The molecule has 0 bridgehead atoms. The molecule has 0 saturated heterocycles. The summed E-state index contributed by atoms with van der Waals surface area (Å²) in [7, 11) is 0. The summed E-state index contributed by atoms with van der Waals surface area (Å²) in [6, 6.07) is 0. The van der Waals surface area contributed by atoms with Crippen LogP contribution in [-0.2, 0) is 0 Å². The smallest absolute Gasteiger partial charge is 0.200 e. The van der Waals surface area contributed by atoms with E-state index >= 15 is 0 Å². The molecular formula is C9H5N9. The molecule has 0 aliphatic rings. The second-order valence-corrected chi connectivity index (χ2v) is 3.23. The summed E-state index contributed by atoms with van der Waals surface area (Å²) in [4.78, 5) is 18.9. The van der Waals surface area contributed by atoms with E-state index < -0.39 is 0 Å². The van der Waals surface area contributed by atoms with E-state index in [0.717, 1.165) is 0 Å². The molecule has 3 aromatic rings. The molecule has 0 spiro atoms. The zero-order valence-electron chi connectivity index (χ0n) is 8.91. The van der Waals surface area contributed by atoms with Crippen LogP contribution in [0, 0.1) is 0 Å². The molecule has 0 aliphatic heterocycles. The van der Waals surface area contributed by atoms with Crippen molar-refractivity contribution in [1.29, 1.82) is 0 Å². The molecule has 0 radical (unpaired) electrons. The van der Waals surface area contributed by atoms with E-state index in [4.69, 9.17) is 5.53 Å². The molecule has 9 nitrogen and oxygen atoms in total. The van der Waals surface area contributed by atoms with Crippen LogP contribution >= 0.6 is 0 Å². The Hall–Kier alpha value is -3.06. The van der Waals surface area contributed by atoms with Gasteiger partial charge in [-0.15, -0.1) is 5.10 Å². The monoisotopic (exact) mass is 239 g/mol. The van der Waals surface area contributed by atoms with E-state index in [9.17, 15) is 0 Å². The Balaban J connectivity index is 2.22. The van der Waals surface area contributed by atoms with Crippen molar-refractivity contribution in [3.05, 3.63) is 41.4 Å². The molecule has 0 unspecified atom stereocenters. The normalized spacial score (nSPS) is 10.2. The number of azide groups is 1. The van der Waals surface area contributed by atoms with Crippen molar-refractivity contribution < 1.29 is 0 Å². The molecule has 0 amide bonds. The molecule has 0 aromatic carbocycles. The molecule has 3 heterocycles. The number of aromatic nitrogens is 6. The third-order valence-electron chi connectivity index (χ3n) is 2.17. The SMILES string of the molecule is [N-]=[N+]=Nc1nccnc1-n1cc2nccnc2n1. The fourth-order valence-electron chi connectivity index (χ4n) is 1.46. The van der Waals surface area contributed by atoms with Gasteiger partial charge in [0.2, 0.25) is 0 Å². The lowest BCUT2D eigenvalue weighted by Gasteiger charge is -2.00. The van der Waals surface area contributed by atoms with Gasteiger partial charge in [0.15, 0.2) is 17.3 Å². The summed E-state index contributed by atoms with van der Waals surface area (Å²) in [5.41, 5.74) is 9.57. The zero-order valence-corrected chi connectivity index (χ0v) is 8.91. The predicted octanol–water partition coefficient (Wildman–Crippen LogP) is 1.55. The molecule has 0 N–H and O–H groups in total. The van der Waals surface area contributed by atoms with Crippen molar-refractivity contribution in [2.75, 3.05) is 0 Å². The maximum Gasteiger partial charge on any atom is 0.200 e. The van der Waals surface area contributed by atoms with E-state index in [0.29, 0.717) is 17.0 Å². The Kier molecular flexibility index (Phi) is 2.29. The lowest BCUT2D eigenvalue weighted by molar-refractivity contribution is 0.845. The van der Waals surface area contributed by atoms with Gasteiger partial charge in [-0.3, -0.25) is 0 Å². The van der Waals surface area contributed by atoms with E-state index in [2.05, 4.69) is 35.1 Å². The van der Waals surface area contributed by atoms with Gasteiger partial charge < -0.3 is 0 Å². The summed E-state index contributed by atoms with van der Waals surface area (Å²) in [6.07, 6.45) is 7.68. The van der Waals surface area contributed by atoms with Crippen LogP contribution < -0.4 is 0 Å². The Labute approximate surface area is 99.8 Å². The van der Waals surface area contributed by atoms with Crippen molar-refractivity contribution in [2.45, 2.75) is 0 Å². The minimum absolute atomic E-state index is 0.146. The van der Waals surface area contributed by atoms with Crippen molar-refractivity contribution in [1.82, 2.24) is 29.7 Å². The second kappa shape index (κ2) is 4.07. The largest absolute Gasteiger partial charge is 0.250 e. The Morgan fingerprint density at radius 3 is 2.67 bits per heavy atom. The fraction of sp³-hybridized carbons (Fsp3) is 0. The van der Waals surface area contributed by atoms with Crippen LogP contribution in [0.2, 0.25) is 0 Å². The first kappa shape index (κ1) is 10.1. The molecule has 3 rings (SSSR count). The first-order valence-corrected chi connectivity index (χ1v) is 4.91. The van der Waals surface area contributed by atoms with Gasteiger partial charge in [-0.1, -0.05) is 0 Å². The number of nitrogens with zero attached hydrogens (tertiary/aromatic N) is 9. The molecule has 18 heavy (non-hydrogen) atoms. The van der Waals surface area contributed by atoms with Crippen LogP contribution in [0.1, 0.15) is 0 Å². The first-order valence-electron chi connectivity index (χ1n) is 4.91. The molecule has 0 atom stereocenters. The van der Waals surface area contributed by atoms with Crippen LogP contribution in [0.15, 0.2) is 36.1 Å². The lowest BCUT2D eigenvalue weighted by atomic mass is 10.5. The maximum absolute atomic E-state index is 8.47. The van der Waals surface area contributed by atoms with Gasteiger partial charge in [0, 0.05) is 29.7 Å². The van der Waals surface area contributed by atoms with Crippen molar-refractivity contribution >= 4 is 17.0 Å². The van der Waals surface area contributed by atoms with Crippen molar-refractivity contribution in [3.63, 3.8) is 0 Å². The topological polar surface area (TPSA) is 118 Å². The highest BCUT2D eigenvalue weighted by molar-refractivity contribution is 5.69. The summed E-state index contributed by atoms with van der Waals surface area (Å²) < 4.78 is 1.43. The van der Waals surface area contributed by atoms with Gasteiger partial charge in [-0.05, 0) is 10.6 Å². The van der Waals surface area contributed by atoms with E-state index in [1.165, 1.54) is 17.1 Å². The van der Waals surface area contributed by atoms with Gasteiger partial charge in [-0.25, -0.2) is 24.6 Å². The second-order valence-electron chi connectivity index (χ2n) is 3.23. The van der Waals surface area contributed by atoms with Gasteiger partial charge >= 0.3 is 0 Å². The van der Waals surface area contributed by atoms with Crippen LogP contribution in [-0.4, -0.2) is 29.7 Å². The lowest BCUT2D eigenvalue weighted by Crippen LogP contribution is -1.99. The molecule has 0 saturated carbocycles. The molecular weight excluding hydrogens is 234 g/mol. The van der Waals surface area contributed by atoms with Crippen LogP contribution in [0.4, 0.5) is 5.82 Å². The Morgan fingerprint density at radius 1 is 1.06 bits per heavy atom. The molecule has 9 heteroatoms. The summed E-state index contributed by atoms with van der Waals surface area (Å²) >= 11 is 0. The molecule has 0 fully saturated rings. The molecule has 86 valence electrons. The van der Waals surface area contributed by atoms with Gasteiger partial charge in [0.1, 0.15) is 5.52 Å².